The summed E-state index contributed by atoms with van der Waals surface area (Å²) in [6.07, 6.45) is 0. The number of para-hydroxylation sites is 1. The Balaban J connectivity index is 1.41. The van der Waals surface area contributed by atoms with Gasteiger partial charge in [0.25, 0.3) is 11.7 Å². The average Bonchev–Trinajstić information content (AvgIpc) is 3.11. The summed E-state index contributed by atoms with van der Waals surface area (Å²) in [6, 6.07) is 17.1. The summed E-state index contributed by atoms with van der Waals surface area (Å²) in [6.45, 7) is 5.46. The van der Waals surface area contributed by atoms with E-state index >= 15 is 0 Å². The molecule has 1 aliphatic heterocycles. The number of nitrogens with zero attached hydrogens (tertiary/aromatic N) is 3. The van der Waals surface area contributed by atoms with Gasteiger partial charge in [-0.15, -0.1) is 0 Å². The molecule has 8 nitrogen and oxygen atoms in total. The zero-order chi connectivity index (χ0) is 22.7. The number of amides is 2. The summed E-state index contributed by atoms with van der Waals surface area (Å²) >= 11 is 0. The maximum atomic E-state index is 12.8. The highest BCUT2D eigenvalue weighted by atomic mass is 16.2. The number of hydrogen-bond donors (Lipinski definition) is 2. The van der Waals surface area contributed by atoms with E-state index in [9.17, 15) is 14.4 Å². The van der Waals surface area contributed by atoms with E-state index in [1.165, 1.54) is 0 Å². The lowest BCUT2D eigenvalue weighted by molar-refractivity contribution is -0.120. The van der Waals surface area contributed by atoms with Crippen LogP contribution in [0.4, 0.5) is 5.69 Å². The van der Waals surface area contributed by atoms with Crippen LogP contribution in [0, 0.1) is 13.8 Å². The SMILES string of the molecule is Cc1nn(-c2ccccc2)c(C)c1C(=O)C(=O)NCc1ccc(N2CCNC(=O)C2)cc1. The molecular formula is C24H25N5O3. The number of hydrogen-bond acceptors (Lipinski definition) is 5. The molecule has 2 heterocycles. The first kappa shape index (κ1) is 21.3. The van der Waals surface area contributed by atoms with Crippen LogP contribution in [0.1, 0.15) is 27.3 Å². The molecular weight excluding hydrogens is 406 g/mol. The number of Topliss-reactive ketones (excluding diaryl/α,β-unsaturated/α-hetero) is 1. The van der Waals surface area contributed by atoms with E-state index < -0.39 is 11.7 Å². The van der Waals surface area contributed by atoms with Gasteiger partial charge in [-0.05, 0) is 43.7 Å². The fourth-order valence-corrected chi connectivity index (χ4v) is 3.85. The third-order valence-corrected chi connectivity index (χ3v) is 5.52. The van der Waals surface area contributed by atoms with Crippen molar-refractivity contribution < 1.29 is 14.4 Å². The number of anilines is 1. The van der Waals surface area contributed by atoms with Crippen LogP contribution in [0.25, 0.3) is 5.69 Å². The number of aryl methyl sites for hydroxylation is 1. The molecule has 0 unspecified atom stereocenters. The van der Waals surface area contributed by atoms with E-state index in [1.54, 1.807) is 18.5 Å². The van der Waals surface area contributed by atoms with Gasteiger partial charge in [-0.2, -0.15) is 5.10 Å². The minimum atomic E-state index is -0.666. The number of aromatic nitrogens is 2. The smallest absolute Gasteiger partial charge is 0.292 e. The molecule has 4 rings (SSSR count). The van der Waals surface area contributed by atoms with Gasteiger partial charge in [0.15, 0.2) is 0 Å². The number of piperazine rings is 1. The van der Waals surface area contributed by atoms with Crippen LogP contribution < -0.4 is 15.5 Å². The number of ketones is 1. The van der Waals surface area contributed by atoms with Gasteiger partial charge in [0.1, 0.15) is 0 Å². The number of rotatable bonds is 6. The molecule has 1 aliphatic rings. The van der Waals surface area contributed by atoms with Gasteiger partial charge in [0.05, 0.1) is 29.2 Å². The standard InChI is InChI=1S/C24H25N5O3/c1-16-22(17(2)29(27-16)20-6-4-3-5-7-20)23(31)24(32)26-14-18-8-10-19(11-9-18)28-13-12-25-21(30)15-28/h3-11H,12-15H2,1-2H3,(H,25,30)(H,26,32). The molecule has 2 N–H and O–H groups in total. The third kappa shape index (κ3) is 4.39. The first-order chi connectivity index (χ1) is 15.4. The predicted octanol–water partition coefficient (Wildman–Crippen LogP) is 1.92. The van der Waals surface area contributed by atoms with Crippen molar-refractivity contribution in [3.05, 3.63) is 77.1 Å². The van der Waals surface area contributed by atoms with Crippen molar-refractivity contribution in [2.45, 2.75) is 20.4 Å². The van der Waals surface area contributed by atoms with Crippen molar-refractivity contribution in [2.75, 3.05) is 24.5 Å². The highest BCUT2D eigenvalue weighted by Gasteiger charge is 2.25. The van der Waals surface area contributed by atoms with E-state index in [-0.39, 0.29) is 12.5 Å². The number of carbonyl (C=O) groups is 3. The normalized spacial score (nSPS) is 13.6. The summed E-state index contributed by atoms with van der Waals surface area (Å²) in [7, 11) is 0. The Morgan fingerprint density at radius 2 is 1.75 bits per heavy atom. The maximum Gasteiger partial charge on any atom is 0.292 e. The molecule has 2 amide bonds. The first-order valence-electron chi connectivity index (χ1n) is 10.5. The van der Waals surface area contributed by atoms with E-state index in [2.05, 4.69) is 15.7 Å². The van der Waals surface area contributed by atoms with Crippen LogP contribution in [0.5, 0.6) is 0 Å². The quantitative estimate of drug-likeness (QED) is 0.459. The molecule has 3 aromatic rings. The summed E-state index contributed by atoms with van der Waals surface area (Å²) < 4.78 is 1.68. The summed E-state index contributed by atoms with van der Waals surface area (Å²) in [5.74, 6) is -1.26. The van der Waals surface area contributed by atoms with Gasteiger partial charge in [0.2, 0.25) is 5.91 Å². The molecule has 0 atom stereocenters. The fraction of sp³-hybridized carbons (Fsp3) is 0.250. The zero-order valence-corrected chi connectivity index (χ0v) is 18.1. The van der Waals surface area contributed by atoms with Gasteiger partial charge in [-0.3, -0.25) is 14.4 Å². The topological polar surface area (TPSA) is 96.3 Å². The molecule has 1 saturated heterocycles. The van der Waals surface area contributed by atoms with Crippen molar-refractivity contribution in [2.24, 2.45) is 0 Å². The largest absolute Gasteiger partial charge is 0.360 e. The van der Waals surface area contributed by atoms with E-state index in [1.807, 2.05) is 59.5 Å². The van der Waals surface area contributed by atoms with Crippen molar-refractivity contribution in [3.8, 4) is 5.69 Å². The number of nitrogens with one attached hydrogen (secondary N) is 2. The molecule has 1 fully saturated rings. The van der Waals surface area contributed by atoms with Crippen LogP contribution in [0.3, 0.4) is 0 Å². The monoisotopic (exact) mass is 431 g/mol. The van der Waals surface area contributed by atoms with Crippen molar-refractivity contribution >= 4 is 23.3 Å². The van der Waals surface area contributed by atoms with Crippen LogP contribution in [0.15, 0.2) is 54.6 Å². The van der Waals surface area contributed by atoms with Gasteiger partial charge in [-0.1, -0.05) is 30.3 Å². The van der Waals surface area contributed by atoms with Gasteiger partial charge < -0.3 is 15.5 Å². The van der Waals surface area contributed by atoms with Gasteiger partial charge >= 0.3 is 0 Å². The minimum Gasteiger partial charge on any atom is -0.360 e. The van der Waals surface area contributed by atoms with Crippen molar-refractivity contribution in [1.29, 1.82) is 0 Å². The van der Waals surface area contributed by atoms with E-state index in [0.717, 1.165) is 23.5 Å². The Kier molecular flexibility index (Phi) is 6.02. The average molecular weight is 431 g/mol. The lowest BCUT2D eigenvalue weighted by Gasteiger charge is -2.28. The highest BCUT2D eigenvalue weighted by Crippen LogP contribution is 2.19. The van der Waals surface area contributed by atoms with Crippen LogP contribution >= 0.6 is 0 Å². The van der Waals surface area contributed by atoms with Gasteiger partial charge in [0, 0.05) is 25.3 Å². The highest BCUT2D eigenvalue weighted by molar-refractivity contribution is 6.43. The van der Waals surface area contributed by atoms with Gasteiger partial charge in [-0.25, -0.2) is 4.68 Å². The van der Waals surface area contributed by atoms with E-state index in [4.69, 9.17) is 0 Å². The molecule has 8 heteroatoms. The molecule has 0 spiro atoms. The fourth-order valence-electron chi connectivity index (χ4n) is 3.85. The number of carbonyl (C=O) groups excluding carboxylic acids is 3. The molecule has 164 valence electrons. The van der Waals surface area contributed by atoms with Crippen molar-refractivity contribution in [3.63, 3.8) is 0 Å². The lowest BCUT2D eigenvalue weighted by Crippen LogP contribution is -2.47. The Morgan fingerprint density at radius 3 is 2.44 bits per heavy atom. The van der Waals surface area contributed by atoms with Crippen LogP contribution in [-0.2, 0) is 16.1 Å². The Labute approximate surface area is 186 Å². The van der Waals surface area contributed by atoms with Crippen LogP contribution in [-0.4, -0.2) is 47.0 Å². The van der Waals surface area contributed by atoms with Crippen molar-refractivity contribution in [1.82, 2.24) is 20.4 Å². The summed E-state index contributed by atoms with van der Waals surface area (Å²) in [5.41, 5.74) is 4.12. The Hall–Kier alpha value is -3.94. The molecule has 0 bridgehead atoms. The molecule has 1 aromatic heterocycles. The Bertz CT molecular complexity index is 1150. The third-order valence-electron chi connectivity index (χ3n) is 5.52. The summed E-state index contributed by atoms with van der Waals surface area (Å²) in [5, 5.41) is 9.95. The molecule has 0 saturated carbocycles. The maximum absolute atomic E-state index is 12.8. The second-order valence-corrected chi connectivity index (χ2v) is 7.74. The number of benzene rings is 2. The van der Waals surface area contributed by atoms with Crippen LogP contribution in [0.2, 0.25) is 0 Å². The second-order valence-electron chi connectivity index (χ2n) is 7.74. The Morgan fingerprint density at radius 1 is 1.03 bits per heavy atom. The molecule has 0 radical (unpaired) electrons. The molecule has 2 aromatic carbocycles. The minimum absolute atomic E-state index is 0.00674. The predicted molar refractivity (Wildman–Crippen MR) is 121 cm³/mol. The molecule has 0 aliphatic carbocycles. The second kappa shape index (κ2) is 9.05. The van der Waals surface area contributed by atoms with E-state index in [0.29, 0.717) is 30.0 Å². The molecule has 32 heavy (non-hydrogen) atoms. The summed E-state index contributed by atoms with van der Waals surface area (Å²) in [4.78, 5) is 39.0. The lowest BCUT2D eigenvalue weighted by atomic mass is 10.1. The zero-order valence-electron chi connectivity index (χ0n) is 18.1. The first-order valence-corrected chi connectivity index (χ1v) is 10.5.